The van der Waals surface area contributed by atoms with Crippen LogP contribution in [0.5, 0.6) is 0 Å². The highest BCUT2D eigenvalue weighted by Gasteiger charge is 2.19. The summed E-state index contributed by atoms with van der Waals surface area (Å²) in [6, 6.07) is 9.30. The molecule has 4 aromatic rings. The van der Waals surface area contributed by atoms with Crippen molar-refractivity contribution in [3.63, 3.8) is 0 Å². The lowest BCUT2D eigenvalue weighted by atomic mass is 10.0. The number of rotatable bonds is 6. The first-order valence-corrected chi connectivity index (χ1v) is 9.86. The van der Waals surface area contributed by atoms with Crippen LogP contribution in [0.25, 0.3) is 22.2 Å². The lowest BCUT2D eigenvalue weighted by molar-refractivity contribution is -0.121. The summed E-state index contributed by atoms with van der Waals surface area (Å²) < 4.78 is 43.3. The van der Waals surface area contributed by atoms with Crippen LogP contribution in [-0.4, -0.2) is 20.7 Å². The lowest BCUT2D eigenvalue weighted by Gasteiger charge is -2.12. The molecule has 0 bridgehead atoms. The number of nitrogens with zero attached hydrogens (tertiary/aromatic N) is 2. The molecule has 31 heavy (non-hydrogen) atoms. The number of H-pyrrole nitrogens is 1. The number of aryl methyl sites for hydroxylation is 2. The minimum absolute atomic E-state index is 0.108. The van der Waals surface area contributed by atoms with E-state index in [1.165, 1.54) is 18.2 Å². The maximum atomic E-state index is 14.4. The summed E-state index contributed by atoms with van der Waals surface area (Å²) in [6.45, 7) is 1.83. The van der Waals surface area contributed by atoms with E-state index >= 15 is 0 Å². The summed E-state index contributed by atoms with van der Waals surface area (Å²) >= 11 is 0. The van der Waals surface area contributed by atoms with Crippen molar-refractivity contribution in [2.45, 2.75) is 25.8 Å². The molecule has 2 heterocycles. The SMILES string of the molecule is CC(NC(=O)CCc1c(-c2ccc(F)cc2)[nH]c2c(F)cc(F)cc12)c1ccn(C)n1. The number of nitrogens with one attached hydrogen (secondary N) is 2. The van der Waals surface area contributed by atoms with E-state index in [4.69, 9.17) is 0 Å². The third kappa shape index (κ3) is 4.33. The highest BCUT2D eigenvalue weighted by atomic mass is 19.1. The minimum Gasteiger partial charge on any atom is -0.352 e. The largest absolute Gasteiger partial charge is 0.352 e. The van der Waals surface area contributed by atoms with Gasteiger partial charge in [0.15, 0.2) is 0 Å². The van der Waals surface area contributed by atoms with Gasteiger partial charge in [0, 0.05) is 36.8 Å². The van der Waals surface area contributed by atoms with Gasteiger partial charge in [0.1, 0.15) is 17.5 Å². The van der Waals surface area contributed by atoms with Crippen LogP contribution >= 0.6 is 0 Å². The molecule has 0 fully saturated rings. The van der Waals surface area contributed by atoms with Crippen LogP contribution in [0, 0.1) is 17.5 Å². The monoisotopic (exact) mass is 426 g/mol. The standard InChI is InChI=1S/C23H21F3N4O/c1-13(20-9-10-30(2)29-20)27-21(31)8-7-17-18-11-16(25)12-19(26)23(18)28-22(17)14-3-5-15(24)6-4-14/h3-6,9-13,28H,7-8H2,1-2H3,(H,27,31). The average molecular weight is 426 g/mol. The van der Waals surface area contributed by atoms with Gasteiger partial charge in [-0.15, -0.1) is 0 Å². The molecule has 1 unspecified atom stereocenters. The Kier molecular flexibility index (Phi) is 5.54. The van der Waals surface area contributed by atoms with Crippen LogP contribution in [0.3, 0.4) is 0 Å². The van der Waals surface area contributed by atoms with Crippen molar-refractivity contribution in [1.82, 2.24) is 20.1 Å². The molecule has 5 nitrogen and oxygen atoms in total. The first-order chi connectivity index (χ1) is 14.8. The van der Waals surface area contributed by atoms with Crippen molar-refractivity contribution < 1.29 is 18.0 Å². The van der Waals surface area contributed by atoms with Crippen molar-refractivity contribution in [1.29, 1.82) is 0 Å². The second-order valence-corrected chi connectivity index (χ2v) is 7.50. The highest BCUT2D eigenvalue weighted by molar-refractivity contribution is 5.92. The van der Waals surface area contributed by atoms with E-state index in [2.05, 4.69) is 15.4 Å². The fraction of sp³-hybridized carbons (Fsp3) is 0.217. The molecule has 2 aromatic heterocycles. The number of hydrogen-bond donors (Lipinski definition) is 2. The smallest absolute Gasteiger partial charge is 0.220 e. The normalized spacial score (nSPS) is 12.3. The number of halogens is 3. The zero-order valence-electron chi connectivity index (χ0n) is 17.0. The molecule has 1 amide bonds. The Morgan fingerprint density at radius 2 is 1.87 bits per heavy atom. The molecule has 0 saturated carbocycles. The van der Waals surface area contributed by atoms with E-state index in [-0.39, 0.29) is 30.3 Å². The Morgan fingerprint density at radius 1 is 1.13 bits per heavy atom. The van der Waals surface area contributed by atoms with Gasteiger partial charge in [-0.2, -0.15) is 5.10 Å². The first-order valence-electron chi connectivity index (χ1n) is 9.86. The van der Waals surface area contributed by atoms with Crippen LogP contribution in [0.1, 0.15) is 30.6 Å². The zero-order valence-corrected chi connectivity index (χ0v) is 17.0. The van der Waals surface area contributed by atoms with Crippen molar-refractivity contribution in [2.24, 2.45) is 7.05 Å². The molecule has 2 N–H and O–H groups in total. The molecular weight excluding hydrogens is 405 g/mol. The number of amides is 1. The number of benzene rings is 2. The molecule has 0 aliphatic rings. The van der Waals surface area contributed by atoms with Crippen LogP contribution in [0.2, 0.25) is 0 Å². The maximum absolute atomic E-state index is 14.4. The Morgan fingerprint density at radius 3 is 2.55 bits per heavy atom. The van der Waals surface area contributed by atoms with Gasteiger partial charge in [0.25, 0.3) is 0 Å². The summed E-state index contributed by atoms with van der Waals surface area (Å²) in [4.78, 5) is 15.5. The summed E-state index contributed by atoms with van der Waals surface area (Å²) in [5, 5.41) is 7.53. The summed E-state index contributed by atoms with van der Waals surface area (Å²) in [5.41, 5.74) is 2.64. The van der Waals surface area contributed by atoms with Crippen LogP contribution in [-0.2, 0) is 18.3 Å². The fourth-order valence-corrected chi connectivity index (χ4v) is 3.69. The third-order valence-electron chi connectivity index (χ3n) is 5.22. The molecule has 0 saturated heterocycles. The van der Waals surface area contributed by atoms with Gasteiger partial charge in [-0.3, -0.25) is 9.48 Å². The first kappa shape index (κ1) is 20.7. The molecule has 2 aromatic carbocycles. The third-order valence-corrected chi connectivity index (χ3v) is 5.22. The topological polar surface area (TPSA) is 62.7 Å². The Labute approximate surface area is 176 Å². The Balaban J connectivity index is 1.61. The Hall–Kier alpha value is -3.55. The number of aromatic amines is 1. The van der Waals surface area contributed by atoms with E-state index in [0.717, 1.165) is 11.8 Å². The molecule has 1 atom stereocenters. The number of hydrogen-bond acceptors (Lipinski definition) is 2. The van der Waals surface area contributed by atoms with Gasteiger partial charge in [0.2, 0.25) is 5.91 Å². The van der Waals surface area contributed by atoms with Gasteiger partial charge in [-0.25, -0.2) is 13.2 Å². The van der Waals surface area contributed by atoms with Crippen LogP contribution in [0.15, 0.2) is 48.7 Å². The van der Waals surface area contributed by atoms with Crippen LogP contribution < -0.4 is 5.32 Å². The molecule has 8 heteroatoms. The number of carbonyl (C=O) groups is 1. The second kappa shape index (κ2) is 8.29. The van der Waals surface area contributed by atoms with Gasteiger partial charge in [0.05, 0.1) is 17.3 Å². The zero-order chi connectivity index (χ0) is 22.1. The summed E-state index contributed by atoms with van der Waals surface area (Å²) in [7, 11) is 1.80. The van der Waals surface area contributed by atoms with E-state index in [0.29, 0.717) is 22.2 Å². The van der Waals surface area contributed by atoms with Gasteiger partial charge < -0.3 is 10.3 Å². The van der Waals surface area contributed by atoms with Crippen molar-refractivity contribution in [2.75, 3.05) is 0 Å². The molecule has 0 aliphatic carbocycles. The molecule has 160 valence electrons. The quantitative estimate of drug-likeness (QED) is 0.465. The summed E-state index contributed by atoms with van der Waals surface area (Å²) in [5.74, 6) is -2.04. The molecule has 0 aliphatic heterocycles. The summed E-state index contributed by atoms with van der Waals surface area (Å²) in [6.07, 6.45) is 2.15. The molecule has 4 rings (SSSR count). The van der Waals surface area contributed by atoms with E-state index in [9.17, 15) is 18.0 Å². The minimum atomic E-state index is -0.724. The van der Waals surface area contributed by atoms with Crippen molar-refractivity contribution >= 4 is 16.8 Å². The van der Waals surface area contributed by atoms with E-state index < -0.39 is 17.5 Å². The lowest BCUT2D eigenvalue weighted by Crippen LogP contribution is -2.27. The van der Waals surface area contributed by atoms with Crippen LogP contribution in [0.4, 0.5) is 13.2 Å². The predicted octanol–water partition coefficient (Wildman–Crippen LogP) is 4.80. The molecule has 0 spiro atoms. The predicted molar refractivity (Wildman–Crippen MR) is 112 cm³/mol. The highest BCUT2D eigenvalue weighted by Crippen LogP contribution is 2.33. The maximum Gasteiger partial charge on any atom is 0.220 e. The van der Waals surface area contributed by atoms with Gasteiger partial charge in [-0.1, -0.05) is 0 Å². The van der Waals surface area contributed by atoms with E-state index in [1.54, 1.807) is 30.1 Å². The molecular formula is C23H21F3N4O. The van der Waals surface area contributed by atoms with Gasteiger partial charge >= 0.3 is 0 Å². The van der Waals surface area contributed by atoms with Crippen molar-refractivity contribution in [3.8, 4) is 11.3 Å². The fourth-order valence-electron chi connectivity index (χ4n) is 3.69. The van der Waals surface area contributed by atoms with Gasteiger partial charge in [-0.05, 0) is 60.9 Å². The number of aromatic nitrogens is 3. The van der Waals surface area contributed by atoms with E-state index in [1.807, 2.05) is 13.0 Å². The Bertz CT molecular complexity index is 1240. The molecule has 0 radical (unpaired) electrons. The number of fused-ring (bicyclic) bond motifs is 1. The second-order valence-electron chi connectivity index (χ2n) is 7.50. The number of carbonyl (C=O) groups excluding carboxylic acids is 1. The average Bonchev–Trinajstić information content (AvgIpc) is 3.31. The van der Waals surface area contributed by atoms with Crippen molar-refractivity contribution in [3.05, 3.63) is 77.4 Å².